The van der Waals surface area contributed by atoms with Crippen LogP contribution in [0.15, 0.2) is 0 Å². The van der Waals surface area contributed by atoms with Gasteiger partial charge in [-0.1, -0.05) is 0 Å². The topological polar surface area (TPSA) is 44.8 Å². The number of piperidine rings is 1. The lowest BCUT2D eigenvalue weighted by Crippen LogP contribution is -2.41. The first-order valence-corrected chi connectivity index (χ1v) is 7.65. The third kappa shape index (κ3) is 5.47. The van der Waals surface area contributed by atoms with E-state index in [1.165, 1.54) is 19.3 Å². The number of carbonyl (C=O) groups excluding carboxylic acids is 1. The lowest BCUT2D eigenvalue weighted by Gasteiger charge is -2.27. The molecule has 5 heteroatoms. The maximum Gasteiger partial charge on any atom is 0.223 e. The molecule has 0 spiro atoms. The minimum absolute atomic E-state index is 0.318. The molecule has 2 saturated heterocycles. The van der Waals surface area contributed by atoms with Crippen molar-refractivity contribution < 1.29 is 9.53 Å². The molecule has 0 unspecified atom stereocenters. The number of amides is 1. The van der Waals surface area contributed by atoms with E-state index in [1.54, 1.807) is 0 Å². The second-order valence-electron chi connectivity index (χ2n) is 5.40. The minimum atomic E-state index is 0.318. The van der Waals surface area contributed by atoms with Gasteiger partial charge < -0.3 is 15.0 Å². The summed E-state index contributed by atoms with van der Waals surface area (Å²) in [5.41, 5.74) is 0. The molecule has 2 aliphatic rings. The van der Waals surface area contributed by atoms with Gasteiger partial charge in [0.1, 0.15) is 0 Å². The minimum Gasteiger partial charge on any atom is -0.379 e. The molecule has 0 aromatic heterocycles. The van der Waals surface area contributed by atoms with Crippen molar-refractivity contribution in [3.05, 3.63) is 0 Å². The lowest BCUT2D eigenvalue weighted by atomic mass is 10.1. The van der Waals surface area contributed by atoms with Gasteiger partial charge in [-0.2, -0.15) is 0 Å². The number of hydrogen-bond acceptors (Lipinski definition) is 4. The molecule has 0 aromatic carbocycles. The summed E-state index contributed by atoms with van der Waals surface area (Å²) in [6.45, 7) is 8.54. The molecule has 0 atom stereocenters. The van der Waals surface area contributed by atoms with Crippen LogP contribution in [0.1, 0.15) is 25.7 Å². The van der Waals surface area contributed by atoms with Gasteiger partial charge in [0.05, 0.1) is 13.2 Å². The molecule has 0 bridgehead atoms. The van der Waals surface area contributed by atoms with E-state index in [2.05, 4.69) is 10.2 Å². The van der Waals surface area contributed by atoms with E-state index in [4.69, 9.17) is 4.74 Å². The highest BCUT2D eigenvalue weighted by Crippen LogP contribution is 2.09. The van der Waals surface area contributed by atoms with Gasteiger partial charge in [-0.05, 0) is 19.3 Å². The molecule has 2 aliphatic heterocycles. The van der Waals surface area contributed by atoms with Crippen molar-refractivity contribution in [2.75, 3.05) is 59.0 Å². The van der Waals surface area contributed by atoms with E-state index >= 15 is 0 Å². The van der Waals surface area contributed by atoms with E-state index < -0.39 is 0 Å². The molecule has 5 nitrogen and oxygen atoms in total. The smallest absolute Gasteiger partial charge is 0.223 e. The molecule has 0 aromatic rings. The highest BCUT2D eigenvalue weighted by atomic mass is 16.5. The van der Waals surface area contributed by atoms with Crippen molar-refractivity contribution in [2.24, 2.45) is 0 Å². The third-order valence-electron chi connectivity index (χ3n) is 3.93. The van der Waals surface area contributed by atoms with E-state index in [1.807, 2.05) is 4.90 Å². The Balaban J connectivity index is 1.47. The molecule has 110 valence electrons. The van der Waals surface area contributed by atoms with Crippen LogP contribution in [0.3, 0.4) is 0 Å². The normalized spacial score (nSPS) is 21.6. The number of ether oxygens (including phenoxy) is 1. The lowest BCUT2D eigenvalue weighted by molar-refractivity contribution is -0.131. The largest absolute Gasteiger partial charge is 0.379 e. The maximum absolute atomic E-state index is 11.9. The zero-order valence-corrected chi connectivity index (χ0v) is 11.9. The first-order chi connectivity index (χ1) is 9.36. The monoisotopic (exact) mass is 269 g/mol. The number of hydrogen-bond donors (Lipinski definition) is 1. The van der Waals surface area contributed by atoms with Crippen molar-refractivity contribution >= 4 is 5.91 Å². The maximum atomic E-state index is 11.9. The van der Waals surface area contributed by atoms with E-state index in [0.717, 1.165) is 59.0 Å². The summed E-state index contributed by atoms with van der Waals surface area (Å²) in [4.78, 5) is 16.3. The Hall–Kier alpha value is -0.650. The molecule has 1 N–H and O–H groups in total. The summed E-state index contributed by atoms with van der Waals surface area (Å²) in [7, 11) is 0. The Labute approximate surface area is 116 Å². The number of morpholine rings is 1. The molecule has 0 aliphatic carbocycles. The molecular weight excluding hydrogens is 242 g/mol. The van der Waals surface area contributed by atoms with Gasteiger partial charge in [-0.15, -0.1) is 0 Å². The number of carbonyl (C=O) groups is 1. The fourth-order valence-electron chi connectivity index (χ4n) is 2.68. The van der Waals surface area contributed by atoms with Gasteiger partial charge in [0.25, 0.3) is 0 Å². The average Bonchev–Trinajstić information content (AvgIpc) is 2.49. The van der Waals surface area contributed by atoms with Crippen LogP contribution in [0.5, 0.6) is 0 Å². The zero-order valence-electron chi connectivity index (χ0n) is 11.9. The number of nitrogens with zero attached hydrogens (tertiary/aromatic N) is 2. The molecule has 1 amide bonds. The van der Waals surface area contributed by atoms with E-state index in [0.29, 0.717) is 12.3 Å². The Morgan fingerprint density at radius 2 is 1.74 bits per heavy atom. The molecular formula is C14H27N3O2. The van der Waals surface area contributed by atoms with Gasteiger partial charge in [-0.3, -0.25) is 9.69 Å². The Morgan fingerprint density at radius 3 is 2.47 bits per heavy atom. The molecule has 2 fully saturated rings. The number of rotatable bonds is 6. The third-order valence-corrected chi connectivity index (χ3v) is 3.93. The van der Waals surface area contributed by atoms with Crippen molar-refractivity contribution in [3.63, 3.8) is 0 Å². The van der Waals surface area contributed by atoms with Gasteiger partial charge in [0, 0.05) is 52.2 Å². The van der Waals surface area contributed by atoms with Gasteiger partial charge >= 0.3 is 0 Å². The zero-order chi connectivity index (χ0) is 13.3. The van der Waals surface area contributed by atoms with Crippen LogP contribution < -0.4 is 5.32 Å². The molecule has 2 heterocycles. The Kier molecular flexibility index (Phi) is 6.61. The summed E-state index contributed by atoms with van der Waals surface area (Å²) in [5, 5.41) is 3.37. The SMILES string of the molecule is O=C(CCNCCN1CCOCC1)N1CCCCC1. The van der Waals surface area contributed by atoms with Crippen LogP contribution in [-0.2, 0) is 9.53 Å². The fraction of sp³-hybridized carbons (Fsp3) is 0.929. The van der Waals surface area contributed by atoms with Gasteiger partial charge in [-0.25, -0.2) is 0 Å². The molecule has 2 rings (SSSR count). The van der Waals surface area contributed by atoms with E-state index in [-0.39, 0.29) is 0 Å². The molecule has 0 saturated carbocycles. The molecule has 19 heavy (non-hydrogen) atoms. The number of nitrogens with one attached hydrogen (secondary N) is 1. The highest BCUT2D eigenvalue weighted by Gasteiger charge is 2.15. The summed E-state index contributed by atoms with van der Waals surface area (Å²) in [6.07, 6.45) is 4.27. The summed E-state index contributed by atoms with van der Waals surface area (Å²) in [5.74, 6) is 0.318. The van der Waals surface area contributed by atoms with Crippen LogP contribution >= 0.6 is 0 Å². The number of likely N-dealkylation sites (tertiary alicyclic amines) is 1. The van der Waals surface area contributed by atoms with Gasteiger partial charge in [0.15, 0.2) is 0 Å². The van der Waals surface area contributed by atoms with Crippen LogP contribution in [0.4, 0.5) is 0 Å². The quantitative estimate of drug-likeness (QED) is 0.705. The van der Waals surface area contributed by atoms with Crippen LogP contribution in [0.2, 0.25) is 0 Å². The van der Waals surface area contributed by atoms with Crippen molar-refractivity contribution in [3.8, 4) is 0 Å². The standard InChI is InChI=1S/C14H27N3O2/c18-14(17-7-2-1-3-8-17)4-5-15-6-9-16-10-12-19-13-11-16/h15H,1-13H2. The predicted molar refractivity (Wildman–Crippen MR) is 75.2 cm³/mol. The molecule has 0 radical (unpaired) electrons. The first-order valence-electron chi connectivity index (χ1n) is 7.65. The van der Waals surface area contributed by atoms with Crippen LogP contribution in [-0.4, -0.2) is 74.7 Å². The fourth-order valence-corrected chi connectivity index (χ4v) is 2.68. The van der Waals surface area contributed by atoms with Crippen molar-refractivity contribution in [2.45, 2.75) is 25.7 Å². The highest BCUT2D eigenvalue weighted by molar-refractivity contribution is 5.76. The second-order valence-corrected chi connectivity index (χ2v) is 5.40. The van der Waals surface area contributed by atoms with Crippen LogP contribution in [0.25, 0.3) is 0 Å². The Morgan fingerprint density at radius 1 is 1.00 bits per heavy atom. The first kappa shape index (κ1) is 14.8. The second kappa shape index (κ2) is 8.51. The van der Waals surface area contributed by atoms with Gasteiger partial charge in [0.2, 0.25) is 5.91 Å². The van der Waals surface area contributed by atoms with E-state index in [9.17, 15) is 4.79 Å². The Bertz CT molecular complexity index is 261. The predicted octanol–water partition coefficient (Wildman–Crippen LogP) is 0.311. The summed E-state index contributed by atoms with van der Waals surface area (Å²) >= 11 is 0. The van der Waals surface area contributed by atoms with Crippen LogP contribution in [0, 0.1) is 0 Å². The van der Waals surface area contributed by atoms with Crippen molar-refractivity contribution in [1.29, 1.82) is 0 Å². The van der Waals surface area contributed by atoms with Crippen molar-refractivity contribution in [1.82, 2.24) is 15.1 Å². The average molecular weight is 269 g/mol. The summed E-state index contributed by atoms with van der Waals surface area (Å²) < 4.78 is 5.31. The summed E-state index contributed by atoms with van der Waals surface area (Å²) in [6, 6.07) is 0.